The van der Waals surface area contributed by atoms with E-state index in [1.165, 1.54) is 0 Å². The van der Waals surface area contributed by atoms with E-state index in [-0.39, 0.29) is 23.3 Å². The summed E-state index contributed by atoms with van der Waals surface area (Å²) in [6, 6.07) is 7.58. The van der Waals surface area contributed by atoms with Crippen LogP contribution in [0.5, 0.6) is 0 Å². The maximum absolute atomic E-state index is 12.4. The first kappa shape index (κ1) is 20.7. The van der Waals surface area contributed by atoms with E-state index in [2.05, 4.69) is 17.1 Å². The van der Waals surface area contributed by atoms with E-state index >= 15 is 0 Å². The highest BCUT2D eigenvalue weighted by Crippen LogP contribution is 2.20. The summed E-state index contributed by atoms with van der Waals surface area (Å²) < 4.78 is 0. The highest BCUT2D eigenvalue weighted by atomic mass is 35.5. The van der Waals surface area contributed by atoms with Gasteiger partial charge in [-0.25, -0.2) is 0 Å². The fraction of sp³-hybridized carbons (Fsp3) is 0.600. The average Bonchev–Trinajstić information content (AvgIpc) is 2.60. The Morgan fingerprint density at radius 1 is 1.12 bits per heavy atom. The van der Waals surface area contributed by atoms with Crippen molar-refractivity contribution in [1.29, 1.82) is 0 Å². The third-order valence-corrected chi connectivity index (χ3v) is 4.94. The first-order valence-electron chi connectivity index (χ1n) is 9.27. The van der Waals surface area contributed by atoms with Crippen LogP contribution in [0.2, 0.25) is 5.02 Å². The summed E-state index contributed by atoms with van der Waals surface area (Å²) in [6.07, 6.45) is 0.821. The molecule has 1 unspecified atom stereocenters. The molecular weight excluding hydrogens is 350 g/mol. The summed E-state index contributed by atoms with van der Waals surface area (Å²) in [5.74, 6) is 0.192. The fourth-order valence-corrected chi connectivity index (χ4v) is 3.27. The Bertz CT molecular complexity index is 617. The number of hydrogen-bond acceptors (Lipinski definition) is 3. The highest BCUT2D eigenvalue weighted by molar-refractivity contribution is 6.30. The quantitative estimate of drug-likeness (QED) is 0.855. The number of nitrogens with zero attached hydrogens (tertiary/aromatic N) is 2. The van der Waals surface area contributed by atoms with E-state index in [0.29, 0.717) is 24.7 Å². The van der Waals surface area contributed by atoms with E-state index in [0.717, 1.165) is 25.1 Å². The van der Waals surface area contributed by atoms with Gasteiger partial charge in [0.2, 0.25) is 11.8 Å². The Morgan fingerprint density at radius 2 is 1.69 bits per heavy atom. The molecule has 5 nitrogen and oxygen atoms in total. The van der Waals surface area contributed by atoms with E-state index in [1.807, 2.05) is 49.9 Å². The van der Waals surface area contributed by atoms with Crippen molar-refractivity contribution in [2.45, 2.75) is 40.2 Å². The maximum Gasteiger partial charge on any atom is 0.234 e. The second-order valence-electron chi connectivity index (χ2n) is 7.90. The molecule has 1 aliphatic rings. The first-order valence-corrected chi connectivity index (χ1v) is 9.65. The maximum atomic E-state index is 12.4. The first-order chi connectivity index (χ1) is 12.2. The molecule has 1 aromatic carbocycles. The van der Waals surface area contributed by atoms with Crippen molar-refractivity contribution in [1.82, 2.24) is 15.1 Å². The number of nitrogens with one attached hydrogen (secondary N) is 1. The molecule has 0 aromatic heterocycles. The lowest BCUT2D eigenvalue weighted by Crippen LogP contribution is -2.53. The van der Waals surface area contributed by atoms with Crippen molar-refractivity contribution < 1.29 is 9.59 Å². The number of benzene rings is 1. The minimum Gasteiger partial charge on any atom is -0.348 e. The van der Waals surface area contributed by atoms with Gasteiger partial charge in [-0.05, 0) is 24.1 Å². The molecule has 26 heavy (non-hydrogen) atoms. The summed E-state index contributed by atoms with van der Waals surface area (Å²) in [4.78, 5) is 28.8. The lowest BCUT2D eigenvalue weighted by molar-refractivity contribution is -0.141. The molecule has 1 aromatic rings. The Kier molecular flexibility index (Phi) is 7.07. The molecule has 1 fully saturated rings. The van der Waals surface area contributed by atoms with Gasteiger partial charge in [-0.1, -0.05) is 51.4 Å². The van der Waals surface area contributed by atoms with Crippen molar-refractivity contribution in [3.8, 4) is 0 Å². The number of halogens is 1. The third kappa shape index (κ3) is 5.71. The molecular formula is C20H30ClN3O2. The van der Waals surface area contributed by atoms with Gasteiger partial charge < -0.3 is 10.2 Å². The second-order valence-corrected chi connectivity index (χ2v) is 8.33. The standard InChI is InChI=1S/C20H30ClN3O2/c1-5-17(15-6-8-16(21)9-7-15)22-18(25)14-23-10-12-24(13-11-23)19(26)20(2,3)4/h6-9,17H,5,10-14H2,1-4H3,(H,22,25). The Morgan fingerprint density at radius 3 is 2.19 bits per heavy atom. The second kappa shape index (κ2) is 8.87. The molecule has 1 heterocycles. The number of rotatable bonds is 5. The molecule has 1 saturated heterocycles. The Balaban J connectivity index is 1.83. The molecule has 1 N–H and O–H groups in total. The predicted octanol–water partition coefficient (Wildman–Crippen LogP) is 3.10. The lowest BCUT2D eigenvalue weighted by Gasteiger charge is -2.37. The van der Waals surface area contributed by atoms with Crippen LogP contribution >= 0.6 is 11.6 Å². The molecule has 0 aliphatic carbocycles. The molecule has 2 rings (SSSR count). The SMILES string of the molecule is CCC(NC(=O)CN1CCN(C(=O)C(C)(C)C)CC1)c1ccc(Cl)cc1. The van der Waals surface area contributed by atoms with Crippen LogP contribution in [0.15, 0.2) is 24.3 Å². The van der Waals surface area contributed by atoms with Gasteiger partial charge in [0.15, 0.2) is 0 Å². The molecule has 1 aliphatic heterocycles. The Labute approximate surface area is 161 Å². The molecule has 144 valence electrons. The van der Waals surface area contributed by atoms with E-state index in [9.17, 15) is 9.59 Å². The molecule has 2 amide bonds. The lowest BCUT2D eigenvalue weighted by atomic mass is 9.94. The number of amides is 2. The molecule has 6 heteroatoms. The number of carbonyl (C=O) groups excluding carboxylic acids is 2. The third-order valence-electron chi connectivity index (χ3n) is 4.68. The van der Waals surface area contributed by atoms with Gasteiger partial charge in [-0.2, -0.15) is 0 Å². The van der Waals surface area contributed by atoms with Crippen LogP contribution in [0.4, 0.5) is 0 Å². The molecule has 1 atom stereocenters. The summed E-state index contributed by atoms with van der Waals surface area (Å²) in [5.41, 5.74) is 0.706. The monoisotopic (exact) mass is 379 g/mol. The van der Waals surface area contributed by atoms with Crippen molar-refractivity contribution in [2.75, 3.05) is 32.7 Å². The van der Waals surface area contributed by atoms with Crippen LogP contribution in [0, 0.1) is 5.41 Å². The summed E-state index contributed by atoms with van der Waals surface area (Å²) >= 11 is 5.93. The molecule has 0 bridgehead atoms. The molecule has 0 saturated carbocycles. The van der Waals surface area contributed by atoms with Crippen LogP contribution in [-0.4, -0.2) is 54.3 Å². The topological polar surface area (TPSA) is 52.7 Å². The van der Waals surface area contributed by atoms with Crippen molar-refractivity contribution in [2.24, 2.45) is 5.41 Å². The minimum atomic E-state index is -0.355. The van der Waals surface area contributed by atoms with Crippen LogP contribution in [0.3, 0.4) is 0 Å². The smallest absolute Gasteiger partial charge is 0.234 e. The van der Waals surface area contributed by atoms with Crippen LogP contribution in [0.1, 0.15) is 45.7 Å². The normalized spacial score (nSPS) is 17.0. The predicted molar refractivity (Wildman–Crippen MR) is 105 cm³/mol. The van der Waals surface area contributed by atoms with E-state index < -0.39 is 0 Å². The van der Waals surface area contributed by atoms with Crippen molar-refractivity contribution in [3.63, 3.8) is 0 Å². The molecule has 0 radical (unpaired) electrons. The van der Waals surface area contributed by atoms with Crippen molar-refractivity contribution >= 4 is 23.4 Å². The van der Waals surface area contributed by atoms with Crippen molar-refractivity contribution in [3.05, 3.63) is 34.9 Å². The van der Waals surface area contributed by atoms with Gasteiger partial charge in [0.1, 0.15) is 0 Å². The van der Waals surface area contributed by atoms with Crippen LogP contribution in [0.25, 0.3) is 0 Å². The highest BCUT2D eigenvalue weighted by Gasteiger charge is 2.30. The number of carbonyl (C=O) groups is 2. The van der Waals surface area contributed by atoms with Crippen LogP contribution < -0.4 is 5.32 Å². The Hall–Kier alpha value is -1.59. The van der Waals surface area contributed by atoms with Gasteiger partial charge in [0, 0.05) is 36.6 Å². The number of hydrogen-bond donors (Lipinski definition) is 1. The zero-order valence-corrected chi connectivity index (χ0v) is 17.0. The summed E-state index contributed by atoms with van der Waals surface area (Å²) in [5, 5.41) is 3.80. The van der Waals surface area contributed by atoms with E-state index in [1.54, 1.807) is 0 Å². The van der Waals surface area contributed by atoms with Gasteiger partial charge >= 0.3 is 0 Å². The van der Waals surface area contributed by atoms with Gasteiger partial charge in [-0.3, -0.25) is 14.5 Å². The minimum absolute atomic E-state index is 0.0106. The van der Waals surface area contributed by atoms with E-state index in [4.69, 9.17) is 11.6 Å². The fourth-order valence-electron chi connectivity index (χ4n) is 3.14. The van der Waals surface area contributed by atoms with Gasteiger partial charge in [-0.15, -0.1) is 0 Å². The average molecular weight is 380 g/mol. The van der Waals surface area contributed by atoms with Gasteiger partial charge in [0.05, 0.1) is 12.6 Å². The zero-order chi connectivity index (χ0) is 19.3. The largest absolute Gasteiger partial charge is 0.348 e. The molecule has 0 spiro atoms. The zero-order valence-electron chi connectivity index (χ0n) is 16.2. The van der Waals surface area contributed by atoms with Crippen LogP contribution in [-0.2, 0) is 9.59 Å². The number of piperazine rings is 1. The van der Waals surface area contributed by atoms with Gasteiger partial charge in [0.25, 0.3) is 0 Å². The summed E-state index contributed by atoms with van der Waals surface area (Å²) in [6.45, 7) is 11.1. The summed E-state index contributed by atoms with van der Waals surface area (Å²) in [7, 11) is 0.